The Morgan fingerprint density at radius 2 is 1.95 bits per heavy atom. The van der Waals surface area contributed by atoms with Crippen LogP contribution in [0.1, 0.15) is 57.4 Å². The Labute approximate surface area is 129 Å². The van der Waals surface area contributed by atoms with Gasteiger partial charge >= 0.3 is 0 Å². The number of benzene rings is 1. The first-order valence-corrected chi connectivity index (χ1v) is 8.64. The van der Waals surface area contributed by atoms with E-state index >= 15 is 0 Å². The fourth-order valence-corrected chi connectivity index (χ4v) is 3.62. The molecule has 2 heteroatoms. The molecule has 0 spiro atoms. The molecule has 0 bridgehead atoms. The second kappa shape index (κ2) is 8.69. The first-order chi connectivity index (χ1) is 9.79. The maximum atomic E-state index is 6.29. The highest BCUT2D eigenvalue weighted by molar-refractivity contribution is 6.31. The predicted molar refractivity (Wildman–Crippen MR) is 88.4 cm³/mol. The van der Waals surface area contributed by atoms with Crippen LogP contribution in [0.2, 0.25) is 5.02 Å². The summed E-state index contributed by atoms with van der Waals surface area (Å²) < 4.78 is 0. The molecule has 0 saturated heterocycles. The maximum Gasteiger partial charge on any atom is 0.0438 e. The first-order valence-electron chi connectivity index (χ1n) is 8.26. The minimum Gasteiger partial charge on any atom is -0.314 e. The largest absolute Gasteiger partial charge is 0.314 e. The fraction of sp³-hybridized carbons (Fsp3) is 0.667. The minimum atomic E-state index is 0.571. The Kier molecular flexibility index (Phi) is 6.89. The van der Waals surface area contributed by atoms with Gasteiger partial charge in [0, 0.05) is 11.1 Å². The van der Waals surface area contributed by atoms with E-state index < -0.39 is 0 Å². The summed E-state index contributed by atoms with van der Waals surface area (Å²) in [6, 6.07) is 8.83. The molecule has 1 aromatic rings. The number of hydrogen-bond donors (Lipinski definition) is 1. The van der Waals surface area contributed by atoms with E-state index in [2.05, 4.69) is 24.4 Å². The van der Waals surface area contributed by atoms with Crippen molar-refractivity contribution in [1.82, 2.24) is 5.32 Å². The van der Waals surface area contributed by atoms with Gasteiger partial charge in [0.2, 0.25) is 0 Å². The van der Waals surface area contributed by atoms with Gasteiger partial charge in [-0.1, -0.05) is 68.8 Å². The van der Waals surface area contributed by atoms with Crippen LogP contribution in [0.4, 0.5) is 0 Å². The van der Waals surface area contributed by atoms with Gasteiger partial charge in [-0.15, -0.1) is 0 Å². The Balaban J connectivity index is 1.84. The fourth-order valence-electron chi connectivity index (χ4n) is 3.41. The van der Waals surface area contributed by atoms with Crippen LogP contribution >= 0.6 is 11.6 Å². The van der Waals surface area contributed by atoms with Crippen LogP contribution < -0.4 is 5.32 Å². The lowest BCUT2D eigenvalue weighted by Gasteiger charge is -2.25. The molecule has 1 unspecified atom stereocenters. The highest BCUT2D eigenvalue weighted by atomic mass is 35.5. The van der Waals surface area contributed by atoms with Crippen LogP contribution in [0, 0.1) is 5.92 Å². The highest BCUT2D eigenvalue weighted by Gasteiger charge is 2.16. The van der Waals surface area contributed by atoms with Gasteiger partial charge in [-0.3, -0.25) is 0 Å². The van der Waals surface area contributed by atoms with Gasteiger partial charge in [0.15, 0.2) is 0 Å². The summed E-state index contributed by atoms with van der Waals surface area (Å²) in [5, 5.41) is 4.55. The number of likely N-dealkylation sites (N-methyl/N-ethyl adjacent to an activating group) is 1. The molecule has 1 nitrogen and oxygen atoms in total. The molecule has 1 aliphatic carbocycles. The Morgan fingerprint density at radius 1 is 1.20 bits per heavy atom. The molecule has 1 aliphatic rings. The minimum absolute atomic E-state index is 0.571. The summed E-state index contributed by atoms with van der Waals surface area (Å²) in [6.45, 7) is 3.24. The van der Waals surface area contributed by atoms with Crippen LogP contribution in [0.15, 0.2) is 24.3 Å². The van der Waals surface area contributed by atoms with Crippen molar-refractivity contribution >= 4 is 11.6 Å². The van der Waals surface area contributed by atoms with Gasteiger partial charge in [-0.2, -0.15) is 0 Å². The Morgan fingerprint density at radius 3 is 2.65 bits per heavy atom. The molecule has 1 N–H and O–H groups in total. The molecule has 2 rings (SSSR count). The van der Waals surface area contributed by atoms with Crippen molar-refractivity contribution in [2.24, 2.45) is 5.92 Å². The van der Waals surface area contributed by atoms with Gasteiger partial charge in [-0.25, -0.2) is 0 Å². The second-order valence-corrected chi connectivity index (χ2v) is 6.54. The van der Waals surface area contributed by atoms with Gasteiger partial charge in [0.05, 0.1) is 0 Å². The van der Waals surface area contributed by atoms with Crippen LogP contribution in [0.5, 0.6) is 0 Å². The lowest BCUT2D eigenvalue weighted by molar-refractivity contribution is 0.313. The van der Waals surface area contributed by atoms with E-state index in [9.17, 15) is 0 Å². The average molecular weight is 294 g/mol. The van der Waals surface area contributed by atoms with E-state index in [1.165, 1.54) is 50.5 Å². The van der Waals surface area contributed by atoms with Crippen LogP contribution in [-0.4, -0.2) is 12.6 Å². The summed E-state index contributed by atoms with van der Waals surface area (Å²) >= 11 is 6.29. The molecule has 1 saturated carbocycles. The maximum absolute atomic E-state index is 6.29. The zero-order chi connectivity index (χ0) is 14.2. The monoisotopic (exact) mass is 293 g/mol. The third-order valence-electron chi connectivity index (χ3n) is 4.57. The van der Waals surface area contributed by atoms with Crippen molar-refractivity contribution < 1.29 is 0 Å². The normalized spacial score (nSPS) is 18.1. The topological polar surface area (TPSA) is 12.0 Å². The van der Waals surface area contributed by atoms with Crippen LogP contribution in [0.3, 0.4) is 0 Å². The number of hydrogen-bond acceptors (Lipinski definition) is 1. The summed E-state index contributed by atoms with van der Waals surface area (Å²) in [7, 11) is 0. The molecule has 112 valence electrons. The predicted octanol–water partition coefficient (Wildman–Crippen LogP) is 5.22. The van der Waals surface area contributed by atoms with Crippen LogP contribution in [0.25, 0.3) is 0 Å². The summed E-state index contributed by atoms with van der Waals surface area (Å²) in [5.41, 5.74) is 1.28. The van der Waals surface area contributed by atoms with Crippen molar-refractivity contribution in [3.63, 3.8) is 0 Å². The molecular weight excluding hydrogens is 266 g/mol. The Bertz CT molecular complexity index is 385. The smallest absolute Gasteiger partial charge is 0.0438 e. The van der Waals surface area contributed by atoms with E-state index in [-0.39, 0.29) is 0 Å². The molecule has 0 aromatic heterocycles. The van der Waals surface area contributed by atoms with E-state index in [4.69, 9.17) is 11.6 Å². The highest BCUT2D eigenvalue weighted by Crippen LogP contribution is 2.28. The summed E-state index contributed by atoms with van der Waals surface area (Å²) in [6.07, 6.45) is 11.0. The standard InChI is InChI=1S/C18H28ClN/c1-2-20-17(13-12-15-8-4-3-5-9-15)14-16-10-6-7-11-18(16)19/h6-7,10-11,15,17,20H,2-5,8-9,12-14H2,1H3. The molecule has 20 heavy (non-hydrogen) atoms. The third kappa shape index (κ3) is 5.10. The SMILES string of the molecule is CCNC(CCC1CCCCC1)Cc1ccccc1Cl. The zero-order valence-corrected chi connectivity index (χ0v) is 13.5. The molecular formula is C18H28ClN. The molecule has 0 amide bonds. The third-order valence-corrected chi connectivity index (χ3v) is 4.93. The number of halogens is 1. The van der Waals surface area contributed by atoms with Crippen LogP contribution in [-0.2, 0) is 6.42 Å². The molecule has 0 heterocycles. The van der Waals surface area contributed by atoms with Gasteiger partial charge in [0.1, 0.15) is 0 Å². The molecule has 1 aromatic carbocycles. The molecule has 1 fully saturated rings. The van der Waals surface area contributed by atoms with Gasteiger partial charge in [-0.05, 0) is 43.4 Å². The lowest BCUT2D eigenvalue weighted by Crippen LogP contribution is -2.31. The molecule has 0 aliphatic heterocycles. The number of nitrogens with one attached hydrogen (secondary N) is 1. The van der Waals surface area contributed by atoms with Crippen molar-refractivity contribution in [2.75, 3.05) is 6.54 Å². The molecule has 1 atom stereocenters. The van der Waals surface area contributed by atoms with Gasteiger partial charge in [0.25, 0.3) is 0 Å². The summed E-state index contributed by atoms with van der Waals surface area (Å²) in [4.78, 5) is 0. The first kappa shape index (κ1) is 15.9. The lowest BCUT2D eigenvalue weighted by atomic mass is 9.84. The average Bonchev–Trinajstić information content (AvgIpc) is 2.48. The van der Waals surface area contributed by atoms with E-state index in [0.717, 1.165) is 23.9 Å². The number of rotatable bonds is 7. The molecule has 0 radical (unpaired) electrons. The summed E-state index contributed by atoms with van der Waals surface area (Å²) in [5.74, 6) is 0.969. The zero-order valence-electron chi connectivity index (χ0n) is 12.7. The van der Waals surface area contributed by atoms with E-state index in [1.807, 2.05) is 12.1 Å². The second-order valence-electron chi connectivity index (χ2n) is 6.13. The van der Waals surface area contributed by atoms with Gasteiger partial charge < -0.3 is 5.32 Å². The van der Waals surface area contributed by atoms with Crippen molar-refractivity contribution in [2.45, 2.75) is 64.3 Å². The van der Waals surface area contributed by atoms with E-state index in [0.29, 0.717) is 6.04 Å². The van der Waals surface area contributed by atoms with Crippen molar-refractivity contribution in [1.29, 1.82) is 0 Å². The quantitative estimate of drug-likeness (QED) is 0.726. The van der Waals surface area contributed by atoms with E-state index in [1.54, 1.807) is 0 Å². The Hall–Kier alpha value is -0.530. The van der Waals surface area contributed by atoms with Crippen molar-refractivity contribution in [3.05, 3.63) is 34.9 Å². The van der Waals surface area contributed by atoms with Crippen molar-refractivity contribution in [3.8, 4) is 0 Å².